The lowest BCUT2D eigenvalue weighted by Crippen LogP contribution is -2.39. The van der Waals surface area contributed by atoms with E-state index in [2.05, 4.69) is 65.1 Å². The number of allylic oxidation sites excluding steroid dienone is 1. The standard InChI is InChI=1S/C23H21ClN2/c1-16(20-15-25-22-14-18(24)6-7-19(20)22)26-12-10-23(11-13-26)9-8-17-4-2-3-5-21(17)23/h2-9,14-15,25H,1,10-13H2. The van der Waals surface area contributed by atoms with E-state index in [1.165, 1.54) is 22.1 Å². The van der Waals surface area contributed by atoms with Gasteiger partial charge >= 0.3 is 0 Å². The fourth-order valence-corrected chi connectivity index (χ4v) is 4.73. The van der Waals surface area contributed by atoms with Crippen LogP contribution in [0.2, 0.25) is 5.02 Å². The lowest BCUT2D eigenvalue weighted by molar-refractivity contribution is 0.256. The minimum Gasteiger partial charge on any atom is -0.371 e. The van der Waals surface area contributed by atoms with Crippen LogP contribution >= 0.6 is 11.6 Å². The number of nitrogens with one attached hydrogen (secondary N) is 1. The summed E-state index contributed by atoms with van der Waals surface area (Å²) >= 11 is 6.11. The fraction of sp³-hybridized carbons (Fsp3) is 0.217. The maximum Gasteiger partial charge on any atom is 0.0475 e. The Bertz CT molecular complexity index is 1040. The average Bonchev–Trinajstić information content (AvgIpc) is 3.24. The molecule has 1 aliphatic heterocycles. The molecule has 0 unspecified atom stereocenters. The van der Waals surface area contributed by atoms with Crippen LogP contribution in [-0.4, -0.2) is 23.0 Å². The second kappa shape index (κ2) is 5.78. The van der Waals surface area contributed by atoms with Gasteiger partial charge in [0.2, 0.25) is 0 Å². The van der Waals surface area contributed by atoms with Crippen molar-refractivity contribution in [2.75, 3.05) is 13.1 Å². The summed E-state index contributed by atoms with van der Waals surface area (Å²) in [6.45, 7) is 6.46. The Morgan fingerprint density at radius 1 is 1.12 bits per heavy atom. The first-order valence-corrected chi connectivity index (χ1v) is 9.54. The van der Waals surface area contributed by atoms with Gasteiger partial charge in [-0.1, -0.05) is 60.7 Å². The van der Waals surface area contributed by atoms with Crippen LogP contribution in [0.3, 0.4) is 0 Å². The molecule has 2 heterocycles. The molecule has 3 heteroatoms. The third kappa shape index (κ3) is 2.33. The number of likely N-dealkylation sites (tertiary alicyclic amines) is 1. The number of aromatic amines is 1. The van der Waals surface area contributed by atoms with Crippen LogP contribution in [0, 0.1) is 0 Å². The molecule has 26 heavy (non-hydrogen) atoms. The first-order chi connectivity index (χ1) is 12.7. The van der Waals surface area contributed by atoms with E-state index in [4.69, 9.17) is 11.6 Å². The number of hydrogen-bond acceptors (Lipinski definition) is 1. The molecule has 0 bridgehead atoms. The van der Waals surface area contributed by atoms with E-state index in [0.29, 0.717) is 0 Å². The van der Waals surface area contributed by atoms with Crippen LogP contribution < -0.4 is 0 Å². The molecular formula is C23H21ClN2. The highest BCUT2D eigenvalue weighted by Gasteiger charge is 2.38. The minimum absolute atomic E-state index is 0.209. The van der Waals surface area contributed by atoms with E-state index in [1.807, 2.05) is 12.1 Å². The van der Waals surface area contributed by atoms with Crippen molar-refractivity contribution in [1.29, 1.82) is 0 Å². The average molecular weight is 361 g/mol. The van der Waals surface area contributed by atoms with Gasteiger partial charge in [0, 0.05) is 51.9 Å². The second-order valence-corrected chi connectivity index (χ2v) is 7.84. The molecule has 1 N–H and O–H groups in total. The summed E-state index contributed by atoms with van der Waals surface area (Å²) in [5, 5.41) is 1.94. The molecule has 0 atom stereocenters. The zero-order valence-corrected chi connectivity index (χ0v) is 15.4. The van der Waals surface area contributed by atoms with Crippen LogP contribution in [0.1, 0.15) is 29.5 Å². The van der Waals surface area contributed by atoms with Gasteiger partial charge in [-0.15, -0.1) is 0 Å². The quantitative estimate of drug-likeness (QED) is 0.607. The monoisotopic (exact) mass is 360 g/mol. The van der Waals surface area contributed by atoms with E-state index in [1.54, 1.807) is 0 Å². The van der Waals surface area contributed by atoms with E-state index in [-0.39, 0.29) is 5.41 Å². The molecule has 2 aliphatic rings. The minimum atomic E-state index is 0.209. The molecule has 1 aromatic heterocycles. The van der Waals surface area contributed by atoms with Gasteiger partial charge in [0.05, 0.1) is 0 Å². The summed E-state index contributed by atoms with van der Waals surface area (Å²) in [4.78, 5) is 5.76. The summed E-state index contributed by atoms with van der Waals surface area (Å²) in [7, 11) is 0. The van der Waals surface area contributed by atoms with Crippen molar-refractivity contribution in [3.05, 3.63) is 83.0 Å². The molecular weight excluding hydrogens is 340 g/mol. The molecule has 2 aromatic carbocycles. The summed E-state index contributed by atoms with van der Waals surface area (Å²) in [5.41, 5.74) is 6.43. The first kappa shape index (κ1) is 15.8. The maximum absolute atomic E-state index is 6.11. The highest BCUT2D eigenvalue weighted by molar-refractivity contribution is 6.31. The molecule has 1 aliphatic carbocycles. The molecule has 1 fully saturated rings. The van der Waals surface area contributed by atoms with Crippen LogP contribution in [0.5, 0.6) is 0 Å². The van der Waals surface area contributed by atoms with Crippen LogP contribution in [0.25, 0.3) is 22.7 Å². The van der Waals surface area contributed by atoms with Gasteiger partial charge in [-0.3, -0.25) is 0 Å². The Kier molecular flexibility index (Phi) is 3.51. The molecule has 1 saturated heterocycles. The van der Waals surface area contributed by atoms with E-state index in [0.717, 1.165) is 42.2 Å². The van der Waals surface area contributed by atoms with E-state index in [9.17, 15) is 0 Å². The van der Waals surface area contributed by atoms with Crippen molar-refractivity contribution in [1.82, 2.24) is 9.88 Å². The number of nitrogens with zero attached hydrogens (tertiary/aromatic N) is 1. The topological polar surface area (TPSA) is 19.0 Å². The third-order valence-electron chi connectivity index (χ3n) is 6.07. The number of benzene rings is 2. The highest BCUT2D eigenvalue weighted by atomic mass is 35.5. The number of H-pyrrole nitrogens is 1. The lowest BCUT2D eigenvalue weighted by Gasteiger charge is -2.41. The van der Waals surface area contributed by atoms with Crippen molar-refractivity contribution in [2.24, 2.45) is 0 Å². The SMILES string of the molecule is C=C(c1c[nH]c2cc(Cl)ccc12)N1CCC2(C=Cc3ccccc32)CC1. The second-order valence-electron chi connectivity index (χ2n) is 7.40. The lowest BCUT2D eigenvalue weighted by atomic mass is 9.74. The first-order valence-electron chi connectivity index (χ1n) is 9.16. The number of aromatic nitrogens is 1. The van der Waals surface area contributed by atoms with Gasteiger partial charge in [-0.05, 0) is 36.1 Å². The normalized spacial score (nSPS) is 17.8. The Labute approximate surface area is 158 Å². The number of fused-ring (bicyclic) bond motifs is 3. The van der Waals surface area contributed by atoms with Gasteiger partial charge in [0.1, 0.15) is 0 Å². The molecule has 1 spiro atoms. The number of rotatable bonds is 2. The molecule has 2 nitrogen and oxygen atoms in total. The van der Waals surface area contributed by atoms with Crippen LogP contribution in [0.15, 0.2) is 61.3 Å². The van der Waals surface area contributed by atoms with Gasteiger partial charge in [-0.2, -0.15) is 0 Å². The molecule has 130 valence electrons. The van der Waals surface area contributed by atoms with Crippen LogP contribution in [-0.2, 0) is 5.41 Å². The Morgan fingerprint density at radius 3 is 2.77 bits per heavy atom. The van der Waals surface area contributed by atoms with Crippen molar-refractivity contribution >= 4 is 34.3 Å². The third-order valence-corrected chi connectivity index (χ3v) is 6.31. The number of hydrogen-bond donors (Lipinski definition) is 1. The number of piperidine rings is 1. The van der Waals surface area contributed by atoms with Crippen LogP contribution in [0.4, 0.5) is 0 Å². The van der Waals surface area contributed by atoms with Crippen molar-refractivity contribution in [3.8, 4) is 0 Å². The van der Waals surface area contributed by atoms with E-state index < -0.39 is 0 Å². The fourth-order valence-electron chi connectivity index (χ4n) is 4.55. The molecule has 3 aromatic rings. The smallest absolute Gasteiger partial charge is 0.0475 e. The summed E-state index contributed by atoms with van der Waals surface area (Å²) in [5.74, 6) is 0. The zero-order chi connectivity index (χ0) is 17.7. The number of halogens is 1. The predicted molar refractivity (Wildman–Crippen MR) is 110 cm³/mol. The van der Waals surface area contributed by atoms with Crippen molar-refractivity contribution in [3.63, 3.8) is 0 Å². The molecule has 0 amide bonds. The maximum atomic E-state index is 6.11. The summed E-state index contributed by atoms with van der Waals surface area (Å²) < 4.78 is 0. The largest absolute Gasteiger partial charge is 0.371 e. The van der Waals surface area contributed by atoms with Gasteiger partial charge in [0.15, 0.2) is 0 Å². The van der Waals surface area contributed by atoms with Gasteiger partial charge in [0.25, 0.3) is 0 Å². The molecule has 0 saturated carbocycles. The predicted octanol–water partition coefficient (Wildman–Crippen LogP) is 5.85. The zero-order valence-electron chi connectivity index (χ0n) is 14.6. The molecule has 5 rings (SSSR count). The van der Waals surface area contributed by atoms with E-state index >= 15 is 0 Å². The van der Waals surface area contributed by atoms with Crippen molar-refractivity contribution < 1.29 is 0 Å². The Balaban J connectivity index is 1.39. The van der Waals surface area contributed by atoms with Crippen molar-refractivity contribution in [2.45, 2.75) is 18.3 Å². The van der Waals surface area contributed by atoms with Gasteiger partial charge in [-0.25, -0.2) is 0 Å². The summed E-state index contributed by atoms with van der Waals surface area (Å²) in [6, 6.07) is 14.8. The Hall–Kier alpha value is -2.45. The van der Waals surface area contributed by atoms with Gasteiger partial charge < -0.3 is 9.88 Å². The molecule has 0 radical (unpaired) electrons. The highest BCUT2D eigenvalue weighted by Crippen LogP contribution is 2.44. The summed E-state index contributed by atoms with van der Waals surface area (Å²) in [6.07, 6.45) is 9.04. The Morgan fingerprint density at radius 2 is 1.92 bits per heavy atom.